The van der Waals surface area contributed by atoms with E-state index in [2.05, 4.69) is 15.0 Å². The van der Waals surface area contributed by atoms with Crippen LogP contribution in [-0.2, 0) is 6.18 Å². The Hall–Kier alpha value is -2.81. The van der Waals surface area contributed by atoms with E-state index in [0.717, 1.165) is 6.07 Å². The van der Waals surface area contributed by atoms with Crippen LogP contribution >= 0.6 is 11.3 Å². The summed E-state index contributed by atoms with van der Waals surface area (Å²) < 4.78 is 40.4. The average molecular weight is 432 g/mol. The van der Waals surface area contributed by atoms with Gasteiger partial charge in [0.15, 0.2) is 0 Å². The number of likely N-dealkylation sites (tertiary alicyclic amines) is 1. The summed E-state index contributed by atoms with van der Waals surface area (Å²) in [4.78, 5) is 27.7. The highest BCUT2D eigenvalue weighted by molar-refractivity contribution is 7.13. The van der Waals surface area contributed by atoms with E-state index in [9.17, 15) is 18.0 Å². The molecular formula is C21H19F3N4OS. The molecule has 0 spiro atoms. The Labute approximate surface area is 175 Å². The smallest absolute Gasteiger partial charge is 0.338 e. The lowest BCUT2D eigenvalue weighted by atomic mass is 9.96. The van der Waals surface area contributed by atoms with Crippen molar-refractivity contribution in [3.63, 3.8) is 0 Å². The van der Waals surface area contributed by atoms with Crippen LogP contribution in [0.2, 0.25) is 0 Å². The molecule has 156 valence electrons. The molecule has 0 aromatic carbocycles. The summed E-state index contributed by atoms with van der Waals surface area (Å²) in [7, 11) is 0. The zero-order chi connectivity index (χ0) is 21.3. The third kappa shape index (κ3) is 4.21. The number of piperidine rings is 1. The Balaban J connectivity index is 1.65. The number of hydrogen-bond acceptors (Lipinski definition) is 5. The Morgan fingerprint density at radius 1 is 1.23 bits per heavy atom. The Kier molecular flexibility index (Phi) is 5.55. The molecule has 4 rings (SSSR count). The summed E-state index contributed by atoms with van der Waals surface area (Å²) in [6.07, 6.45) is -1.65. The molecule has 0 unspecified atom stereocenters. The predicted octanol–water partition coefficient (Wildman–Crippen LogP) is 4.95. The molecule has 1 saturated heterocycles. The van der Waals surface area contributed by atoms with E-state index >= 15 is 0 Å². The molecule has 3 aromatic rings. The normalized spacial score (nSPS) is 17.2. The van der Waals surface area contributed by atoms with Crippen LogP contribution in [0.25, 0.3) is 10.6 Å². The maximum absolute atomic E-state index is 13.5. The van der Waals surface area contributed by atoms with Gasteiger partial charge >= 0.3 is 6.18 Å². The molecule has 0 aliphatic carbocycles. The molecule has 3 aromatic heterocycles. The minimum absolute atomic E-state index is 0.133. The van der Waals surface area contributed by atoms with E-state index in [4.69, 9.17) is 0 Å². The van der Waals surface area contributed by atoms with Crippen LogP contribution in [0.5, 0.6) is 0 Å². The van der Waals surface area contributed by atoms with Crippen molar-refractivity contribution >= 4 is 17.2 Å². The molecule has 1 amide bonds. The number of alkyl halides is 3. The van der Waals surface area contributed by atoms with Gasteiger partial charge in [-0.3, -0.25) is 9.78 Å². The van der Waals surface area contributed by atoms with Gasteiger partial charge in [-0.05, 0) is 49.4 Å². The standard InChI is InChI=1S/C21H19F3N4OS/c1-13-15(6-2-8-25-13)20(29)28-9-3-5-14(12-28)19-26-16(17-7-4-10-30-17)11-18(27-19)21(22,23)24/h2,4,6-8,10-11,14H,3,5,9,12H2,1H3/t14-/m1/s1. The fourth-order valence-electron chi connectivity index (χ4n) is 3.60. The molecule has 1 aliphatic heterocycles. The van der Waals surface area contributed by atoms with Gasteiger partial charge in [0, 0.05) is 30.9 Å². The second-order valence-corrected chi connectivity index (χ2v) is 8.15. The number of hydrogen-bond donors (Lipinski definition) is 0. The lowest BCUT2D eigenvalue weighted by molar-refractivity contribution is -0.141. The number of nitrogens with zero attached hydrogens (tertiary/aromatic N) is 4. The molecular weight excluding hydrogens is 413 g/mol. The first-order chi connectivity index (χ1) is 14.3. The summed E-state index contributed by atoms with van der Waals surface area (Å²) in [6, 6.07) is 7.90. The number of halogens is 3. The lowest BCUT2D eigenvalue weighted by Gasteiger charge is -2.32. The molecule has 5 nitrogen and oxygen atoms in total. The fraction of sp³-hybridized carbons (Fsp3) is 0.333. The molecule has 30 heavy (non-hydrogen) atoms. The van der Waals surface area contributed by atoms with Gasteiger partial charge in [-0.1, -0.05) is 6.07 Å². The molecule has 1 fully saturated rings. The first-order valence-corrected chi connectivity index (χ1v) is 10.4. The van der Waals surface area contributed by atoms with Crippen molar-refractivity contribution in [2.24, 2.45) is 0 Å². The topological polar surface area (TPSA) is 59.0 Å². The first kappa shape index (κ1) is 20.5. The largest absolute Gasteiger partial charge is 0.433 e. The Morgan fingerprint density at radius 3 is 2.77 bits per heavy atom. The SMILES string of the molecule is Cc1ncccc1C(=O)N1CCC[C@@H](c2nc(-c3cccs3)cc(C(F)(F)F)n2)C1. The summed E-state index contributed by atoms with van der Waals surface area (Å²) in [5, 5.41) is 1.79. The average Bonchev–Trinajstić information content (AvgIpc) is 3.28. The Morgan fingerprint density at radius 2 is 2.07 bits per heavy atom. The number of rotatable bonds is 3. The molecule has 0 radical (unpaired) electrons. The van der Waals surface area contributed by atoms with Crippen LogP contribution in [0.1, 0.15) is 46.3 Å². The van der Waals surface area contributed by atoms with Crippen LogP contribution < -0.4 is 0 Å². The highest BCUT2D eigenvalue weighted by Gasteiger charge is 2.36. The Bertz CT molecular complexity index is 1050. The van der Waals surface area contributed by atoms with E-state index in [0.29, 0.717) is 35.5 Å². The van der Waals surface area contributed by atoms with Crippen molar-refractivity contribution in [1.82, 2.24) is 19.9 Å². The molecule has 1 atom stereocenters. The predicted molar refractivity (Wildman–Crippen MR) is 107 cm³/mol. The van der Waals surface area contributed by atoms with Gasteiger partial charge in [0.05, 0.1) is 16.1 Å². The summed E-state index contributed by atoms with van der Waals surface area (Å²) in [6.45, 7) is 2.58. The van der Waals surface area contributed by atoms with Gasteiger partial charge in [0.25, 0.3) is 5.91 Å². The fourth-order valence-corrected chi connectivity index (χ4v) is 4.28. The van der Waals surface area contributed by atoms with Crippen LogP contribution in [-0.4, -0.2) is 38.8 Å². The van der Waals surface area contributed by atoms with Crippen molar-refractivity contribution in [3.05, 3.63) is 64.7 Å². The van der Waals surface area contributed by atoms with E-state index in [1.165, 1.54) is 11.3 Å². The van der Waals surface area contributed by atoms with Gasteiger partial charge in [-0.25, -0.2) is 9.97 Å². The zero-order valence-electron chi connectivity index (χ0n) is 16.2. The number of carbonyl (C=O) groups excluding carboxylic acids is 1. The van der Waals surface area contributed by atoms with Crippen LogP contribution in [0.15, 0.2) is 41.9 Å². The van der Waals surface area contributed by atoms with Gasteiger partial charge in [0.2, 0.25) is 0 Å². The number of pyridine rings is 1. The van der Waals surface area contributed by atoms with Crippen molar-refractivity contribution in [3.8, 4) is 10.6 Å². The third-order valence-corrected chi connectivity index (χ3v) is 6.01. The van der Waals surface area contributed by atoms with E-state index in [1.807, 2.05) is 0 Å². The van der Waals surface area contributed by atoms with Crippen molar-refractivity contribution in [2.75, 3.05) is 13.1 Å². The summed E-state index contributed by atoms with van der Waals surface area (Å²) in [5.41, 5.74) is 0.429. The first-order valence-electron chi connectivity index (χ1n) is 9.54. The van der Waals surface area contributed by atoms with Crippen molar-refractivity contribution < 1.29 is 18.0 Å². The quantitative estimate of drug-likeness (QED) is 0.588. The molecule has 0 bridgehead atoms. The number of aryl methyl sites for hydroxylation is 1. The van der Waals surface area contributed by atoms with Gasteiger partial charge in [0.1, 0.15) is 11.5 Å². The monoisotopic (exact) mass is 432 g/mol. The third-order valence-electron chi connectivity index (χ3n) is 5.12. The minimum Gasteiger partial charge on any atom is -0.338 e. The molecule has 0 saturated carbocycles. The number of amides is 1. The van der Waals surface area contributed by atoms with E-state index in [1.54, 1.807) is 47.7 Å². The van der Waals surface area contributed by atoms with Gasteiger partial charge in [-0.2, -0.15) is 13.2 Å². The van der Waals surface area contributed by atoms with Gasteiger partial charge < -0.3 is 4.90 Å². The molecule has 0 N–H and O–H groups in total. The maximum atomic E-state index is 13.5. The maximum Gasteiger partial charge on any atom is 0.433 e. The highest BCUT2D eigenvalue weighted by atomic mass is 32.1. The number of aromatic nitrogens is 3. The second kappa shape index (κ2) is 8.14. The highest BCUT2D eigenvalue weighted by Crippen LogP contribution is 2.34. The van der Waals surface area contributed by atoms with Gasteiger partial charge in [-0.15, -0.1) is 11.3 Å². The summed E-state index contributed by atoms with van der Waals surface area (Å²) in [5.74, 6) is -0.398. The number of carbonyl (C=O) groups is 1. The van der Waals surface area contributed by atoms with Crippen molar-refractivity contribution in [2.45, 2.75) is 31.9 Å². The van der Waals surface area contributed by atoms with E-state index in [-0.39, 0.29) is 29.9 Å². The molecule has 1 aliphatic rings. The summed E-state index contributed by atoms with van der Waals surface area (Å²) >= 11 is 1.33. The number of thiophene rings is 1. The van der Waals surface area contributed by atoms with Crippen LogP contribution in [0, 0.1) is 6.92 Å². The van der Waals surface area contributed by atoms with E-state index < -0.39 is 11.9 Å². The minimum atomic E-state index is -4.57. The second-order valence-electron chi connectivity index (χ2n) is 7.20. The van der Waals surface area contributed by atoms with Crippen LogP contribution in [0.4, 0.5) is 13.2 Å². The van der Waals surface area contributed by atoms with Crippen molar-refractivity contribution in [1.29, 1.82) is 0 Å². The van der Waals surface area contributed by atoms with Crippen LogP contribution in [0.3, 0.4) is 0 Å². The zero-order valence-corrected chi connectivity index (χ0v) is 17.0. The molecule has 4 heterocycles. The lowest BCUT2D eigenvalue weighted by Crippen LogP contribution is -2.40. The molecule has 9 heteroatoms.